The van der Waals surface area contributed by atoms with Crippen LogP contribution in [0, 0.1) is 12.8 Å². The number of benzene rings is 1. The molecule has 0 heterocycles. The zero-order valence-electron chi connectivity index (χ0n) is 10.9. The van der Waals surface area contributed by atoms with Gasteiger partial charge < -0.3 is 10.5 Å². The van der Waals surface area contributed by atoms with Crippen LogP contribution in [-0.2, 0) is 0 Å². The number of rotatable bonds is 3. The van der Waals surface area contributed by atoms with Crippen molar-refractivity contribution < 1.29 is 4.74 Å². The molecule has 17 heavy (non-hydrogen) atoms. The van der Waals surface area contributed by atoms with Crippen LogP contribution in [0.25, 0.3) is 0 Å². The van der Waals surface area contributed by atoms with Crippen molar-refractivity contribution in [3.63, 3.8) is 0 Å². The molecule has 1 aromatic rings. The molecule has 1 fully saturated rings. The zero-order chi connectivity index (χ0) is 12.3. The van der Waals surface area contributed by atoms with E-state index in [-0.39, 0.29) is 6.04 Å². The van der Waals surface area contributed by atoms with E-state index in [0.29, 0.717) is 5.92 Å². The van der Waals surface area contributed by atoms with Gasteiger partial charge in [0.25, 0.3) is 0 Å². The first-order valence-corrected chi connectivity index (χ1v) is 6.62. The molecular formula is C15H23NO. The largest absolute Gasteiger partial charge is 0.497 e. The van der Waals surface area contributed by atoms with Crippen LogP contribution in [-0.4, -0.2) is 7.11 Å². The number of hydrogen-bond acceptors (Lipinski definition) is 2. The summed E-state index contributed by atoms with van der Waals surface area (Å²) in [5.41, 5.74) is 8.96. The van der Waals surface area contributed by atoms with E-state index in [1.165, 1.54) is 43.2 Å². The predicted molar refractivity (Wildman–Crippen MR) is 71.2 cm³/mol. The molecule has 1 aliphatic rings. The van der Waals surface area contributed by atoms with Crippen molar-refractivity contribution in [2.24, 2.45) is 11.7 Å². The third-order valence-electron chi connectivity index (χ3n) is 3.99. The minimum absolute atomic E-state index is 0.196. The molecule has 0 spiro atoms. The Morgan fingerprint density at radius 3 is 2.53 bits per heavy atom. The average molecular weight is 233 g/mol. The molecule has 0 amide bonds. The molecule has 0 radical (unpaired) electrons. The Morgan fingerprint density at radius 1 is 1.24 bits per heavy atom. The molecule has 2 nitrogen and oxygen atoms in total. The summed E-state index contributed by atoms with van der Waals surface area (Å²) in [6.45, 7) is 2.13. The summed E-state index contributed by atoms with van der Waals surface area (Å²) < 4.78 is 5.23. The van der Waals surface area contributed by atoms with Gasteiger partial charge in [-0.25, -0.2) is 0 Å². The van der Waals surface area contributed by atoms with E-state index in [1.807, 2.05) is 6.07 Å². The monoisotopic (exact) mass is 233 g/mol. The molecule has 2 N–H and O–H groups in total. The van der Waals surface area contributed by atoms with Gasteiger partial charge in [-0.05, 0) is 48.9 Å². The average Bonchev–Trinajstić information content (AvgIpc) is 2.39. The summed E-state index contributed by atoms with van der Waals surface area (Å²) in [6, 6.07) is 6.43. The fourth-order valence-electron chi connectivity index (χ4n) is 2.90. The quantitative estimate of drug-likeness (QED) is 0.866. The van der Waals surface area contributed by atoms with Crippen LogP contribution in [0.5, 0.6) is 5.75 Å². The van der Waals surface area contributed by atoms with Crippen LogP contribution in [0.3, 0.4) is 0 Å². The summed E-state index contributed by atoms with van der Waals surface area (Å²) in [7, 11) is 1.70. The molecule has 1 unspecified atom stereocenters. The number of ether oxygens (including phenoxy) is 1. The number of aryl methyl sites for hydroxylation is 1. The summed E-state index contributed by atoms with van der Waals surface area (Å²) in [6.07, 6.45) is 6.63. The van der Waals surface area contributed by atoms with Gasteiger partial charge in [0, 0.05) is 6.04 Å². The third kappa shape index (κ3) is 2.81. The van der Waals surface area contributed by atoms with E-state index in [1.54, 1.807) is 7.11 Å². The highest BCUT2D eigenvalue weighted by Crippen LogP contribution is 2.34. The van der Waals surface area contributed by atoms with Gasteiger partial charge in [-0.15, -0.1) is 0 Å². The fraction of sp³-hybridized carbons (Fsp3) is 0.600. The van der Waals surface area contributed by atoms with Gasteiger partial charge >= 0.3 is 0 Å². The molecule has 2 heteroatoms. The van der Waals surface area contributed by atoms with Crippen LogP contribution in [0.4, 0.5) is 0 Å². The summed E-state index contributed by atoms with van der Waals surface area (Å²) in [5.74, 6) is 1.58. The van der Waals surface area contributed by atoms with Crippen molar-refractivity contribution >= 4 is 0 Å². The van der Waals surface area contributed by atoms with Gasteiger partial charge in [-0.3, -0.25) is 0 Å². The van der Waals surface area contributed by atoms with E-state index in [4.69, 9.17) is 10.5 Å². The molecule has 1 saturated carbocycles. The van der Waals surface area contributed by atoms with Gasteiger partial charge in [-0.2, -0.15) is 0 Å². The Bertz CT molecular complexity index is 369. The van der Waals surface area contributed by atoms with Crippen molar-refractivity contribution in [1.29, 1.82) is 0 Å². The van der Waals surface area contributed by atoms with Gasteiger partial charge in [0.15, 0.2) is 0 Å². The molecule has 0 aromatic heterocycles. The first-order valence-electron chi connectivity index (χ1n) is 6.62. The maximum Gasteiger partial charge on any atom is 0.119 e. The van der Waals surface area contributed by atoms with E-state index >= 15 is 0 Å². The standard InChI is InChI=1S/C15H23NO/c1-11-10-13(17-2)8-9-14(11)15(16)12-6-4-3-5-7-12/h8-10,12,15H,3-7,16H2,1-2H3. The molecule has 1 aromatic carbocycles. The third-order valence-corrected chi connectivity index (χ3v) is 3.99. The lowest BCUT2D eigenvalue weighted by molar-refractivity contribution is 0.307. The van der Waals surface area contributed by atoms with Crippen LogP contribution >= 0.6 is 0 Å². The van der Waals surface area contributed by atoms with Gasteiger partial charge in [0.2, 0.25) is 0 Å². The Balaban J connectivity index is 2.15. The Hall–Kier alpha value is -1.02. The molecule has 2 rings (SSSR count). The lowest BCUT2D eigenvalue weighted by atomic mass is 9.80. The molecule has 0 saturated heterocycles. The molecule has 94 valence electrons. The van der Waals surface area contributed by atoms with Crippen LogP contribution in [0.2, 0.25) is 0 Å². The van der Waals surface area contributed by atoms with Gasteiger partial charge in [-0.1, -0.05) is 25.3 Å². The normalized spacial score (nSPS) is 19.0. The molecule has 1 atom stereocenters. The maximum absolute atomic E-state index is 6.42. The minimum Gasteiger partial charge on any atom is -0.497 e. The SMILES string of the molecule is COc1ccc(C(N)C2CCCCC2)c(C)c1. The lowest BCUT2D eigenvalue weighted by Gasteiger charge is -2.28. The van der Waals surface area contributed by atoms with Crippen molar-refractivity contribution in [1.82, 2.24) is 0 Å². The Kier molecular flexibility index (Phi) is 4.06. The number of methoxy groups -OCH3 is 1. The van der Waals surface area contributed by atoms with Crippen molar-refractivity contribution in [3.8, 4) is 5.75 Å². The molecule has 0 aliphatic heterocycles. The van der Waals surface area contributed by atoms with E-state index in [9.17, 15) is 0 Å². The summed E-state index contributed by atoms with van der Waals surface area (Å²) in [5, 5.41) is 0. The number of nitrogens with two attached hydrogens (primary N) is 1. The lowest BCUT2D eigenvalue weighted by Crippen LogP contribution is -2.24. The number of hydrogen-bond donors (Lipinski definition) is 1. The fourth-order valence-corrected chi connectivity index (χ4v) is 2.90. The first-order chi connectivity index (χ1) is 8.22. The highest BCUT2D eigenvalue weighted by atomic mass is 16.5. The summed E-state index contributed by atoms with van der Waals surface area (Å²) in [4.78, 5) is 0. The van der Waals surface area contributed by atoms with Crippen molar-refractivity contribution in [3.05, 3.63) is 29.3 Å². The van der Waals surface area contributed by atoms with Gasteiger partial charge in [0.1, 0.15) is 5.75 Å². The van der Waals surface area contributed by atoms with E-state index in [2.05, 4.69) is 19.1 Å². The second-order valence-electron chi connectivity index (χ2n) is 5.15. The van der Waals surface area contributed by atoms with E-state index < -0.39 is 0 Å². The van der Waals surface area contributed by atoms with Crippen molar-refractivity contribution in [2.45, 2.75) is 45.1 Å². The summed E-state index contributed by atoms with van der Waals surface area (Å²) >= 11 is 0. The highest BCUT2D eigenvalue weighted by molar-refractivity contribution is 5.36. The molecule has 1 aliphatic carbocycles. The highest BCUT2D eigenvalue weighted by Gasteiger charge is 2.22. The second kappa shape index (κ2) is 5.54. The maximum atomic E-state index is 6.42. The second-order valence-corrected chi connectivity index (χ2v) is 5.15. The molecular weight excluding hydrogens is 210 g/mol. The Morgan fingerprint density at radius 2 is 1.94 bits per heavy atom. The smallest absolute Gasteiger partial charge is 0.119 e. The predicted octanol–water partition coefficient (Wildman–Crippen LogP) is 3.58. The topological polar surface area (TPSA) is 35.2 Å². The zero-order valence-corrected chi connectivity index (χ0v) is 10.9. The van der Waals surface area contributed by atoms with Gasteiger partial charge in [0.05, 0.1) is 7.11 Å². The van der Waals surface area contributed by atoms with Crippen LogP contribution in [0.1, 0.15) is 49.3 Å². The molecule has 0 bridgehead atoms. The minimum atomic E-state index is 0.196. The Labute approximate surface area is 104 Å². The van der Waals surface area contributed by atoms with Crippen molar-refractivity contribution in [2.75, 3.05) is 7.11 Å². The first kappa shape index (κ1) is 12.4. The van der Waals surface area contributed by atoms with Crippen LogP contribution in [0.15, 0.2) is 18.2 Å². The van der Waals surface area contributed by atoms with E-state index in [0.717, 1.165) is 5.75 Å². The van der Waals surface area contributed by atoms with Crippen LogP contribution < -0.4 is 10.5 Å².